The van der Waals surface area contributed by atoms with E-state index in [4.69, 9.17) is 9.47 Å². The molecule has 1 aromatic rings. The van der Waals surface area contributed by atoms with Crippen molar-refractivity contribution < 1.29 is 43.0 Å². The van der Waals surface area contributed by atoms with Gasteiger partial charge in [0.15, 0.2) is 0 Å². The summed E-state index contributed by atoms with van der Waals surface area (Å²) in [6, 6.07) is 5.26. The molecule has 3 heterocycles. The lowest BCUT2D eigenvalue weighted by Crippen LogP contribution is -2.55. The number of anilines is 2. The molecule has 0 aromatic heterocycles. The smallest absolute Gasteiger partial charge is 0.412 e. The van der Waals surface area contributed by atoms with E-state index in [1.807, 2.05) is 24.3 Å². The Hall–Kier alpha value is -3.61. The zero-order chi connectivity index (χ0) is 35.3. The van der Waals surface area contributed by atoms with Gasteiger partial charge in [-0.15, -0.1) is 0 Å². The van der Waals surface area contributed by atoms with E-state index in [0.29, 0.717) is 24.9 Å². The van der Waals surface area contributed by atoms with E-state index in [2.05, 4.69) is 20.9 Å². The minimum Gasteiger partial charge on any atom is -0.446 e. The normalized spacial score (nSPS) is 30.2. The van der Waals surface area contributed by atoms with Crippen LogP contribution in [0, 0.1) is 5.92 Å². The number of benzene rings is 1. The second-order valence-corrected chi connectivity index (χ2v) is 16.2. The molecule has 0 unspecified atom stereocenters. The number of carbonyl (C=O) groups excluding carboxylic acids is 4. The van der Waals surface area contributed by atoms with Crippen molar-refractivity contribution in [1.82, 2.24) is 15.5 Å². The van der Waals surface area contributed by atoms with Crippen LogP contribution >= 0.6 is 7.60 Å². The summed E-state index contributed by atoms with van der Waals surface area (Å²) in [6.45, 7) is 1.61. The van der Waals surface area contributed by atoms with Crippen molar-refractivity contribution in [2.75, 3.05) is 29.9 Å². The van der Waals surface area contributed by atoms with Gasteiger partial charge < -0.3 is 39.7 Å². The minimum atomic E-state index is -4.80. The lowest BCUT2D eigenvalue weighted by Gasteiger charge is -2.30. The summed E-state index contributed by atoms with van der Waals surface area (Å²) in [5.74, 6) is -1.84. The second kappa shape index (κ2) is 15.7. The SMILES string of the molecule is O=C(N[C@H]1CCCCC/C=C\[C@H]2C[C@@]2(P(=O)(O)O)NC(=O)[C@@H]2C[C@@H](OC(=O)Nc3ccccc3N3CCCCC3)CN2C1=O)OC1CCCC1. The number of hydrogen-bond acceptors (Lipinski definition) is 8. The van der Waals surface area contributed by atoms with Gasteiger partial charge in [-0.25, -0.2) is 9.59 Å². The molecule has 5 aliphatic rings. The van der Waals surface area contributed by atoms with Gasteiger partial charge in [0.1, 0.15) is 29.6 Å². The van der Waals surface area contributed by atoms with Crippen LogP contribution in [0.1, 0.15) is 89.9 Å². The largest absolute Gasteiger partial charge is 0.446 e. The summed E-state index contributed by atoms with van der Waals surface area (Å²) in [6.07, 6.45) is 10.9. The average molecular weight is 716 g/mol. The van der Waals surface area contributed by atoms with Crippen molar-refractivity contribution in [2.45, 2.75) is 119 Å². The highest BCUT2D eigenvalue weighted by atomic mass is 31.2. The van der Waals surface area contributed by atoms with E-state index in [1.54, 1.807) is 12.1 Å². The third-order valence-corrected chi connectivity index (χ3v) is 12.4. The van der Waals surface area contributed by atoms with Crippen LogP contribution in [-0.2, 0) is 23.6 Å². The highest BCUT2D eigenvalue weighted by molar-refractivity contribution is 7.54. The maximum absolute atomic E-state index is 14.2. The summed E-state index contributed by atoms with van der Waals surface area (Å²) >= 11 is 0. The second-order valence-electron chi connectivity index (χ2n) is 14.3. The monoisotopic (exact) mass is 715 g/mol. The average Bonchev–Trinajstić information content (AvgIpc) is 3.36. The summed E-state index contributed by atoms with van der Waals surface area (Å²) in [7, 11) is -4.80. The molecule has 50 heavy (non-hydrogen) atoms. The lowest BCUT2D eigenvalue weighted by molar-refractivity contribution is -0.140. The Labute approximate surface area is 292 Å². The molecule has 1 aromatic carbocycles. The standard InChI is InChI=1S/C35H50N5O9P/c41-31-30-21-26(49-33(43)36-27-16-9-10-18-29(27)39-19-11-4-12-20-39)23-40(30)32(42)28(37-34(44)48-25-14-7-8-15-25)17-6-3-1-2-5-13-24-22-35(24,38-31)50(45,46)47/h5,9-10,13,16,18,24-26,28,30H,1-4,6-8,11-12,14-15,17,19-23H2,(H,36,43)(H,37,44)(H,38,41)(H2,45,46,47)/b13-5-/t24-,26+,28-,30-,35-/m0/s1. The fourth-order valence-corrected chi connectivity index (χ4v) is 9.06. The zero-order valence-electron chi connectivity index (χ0n) is 28.5. The third-order valence-electron chi connectivity index (χ3n) is 10.7. The van der Waals surface area contributed by atoms with Gasteiger partial charge in [-0.05, 0) is 82.8 Å². The molecule has 3 aliphatic heterocycles. The summed E-state index contributed by atoms with van der Waals surface area (Å²) in [4.78, 5) is 78.6. The number of nitrogens with one attached hydrogen (secondary N) is 3. The Morgan fingerprint density at radius 2 is 1.60 bits per heavy atom. The van der Waals surface area contributed by atoms with Gasteiger partial charge in [0.25, 0.3) is 0 Å². The molecule has 0 radical (unpaired) electrons. The summed E-state index contributed by atoms with van der Waals surface area (Å²) in [5, 5.41) is 6.42. The van der Waals surface area contributed by atoms with Crippen LogP contribution in [0.25, 0.3) is 0 Å². The molecule has 2 saturated heterocycles. The van der Waals surface area contributed by atoms with Crippen LogP contribution in [0.5, 0.6) is 0 Å². The minimum absolute atomic E-state index is 0.0656. The fourth-order valence-electron chi connectivity index (χ4n) is 7.85. The molecule has 274 valence electrons. The maximum atomic E-state index is 14.2. The van der Waals surface area contributed by atoms with Crippen LogP contribution in [0.15, 0.2) is 36.4 Å². The number of hydrogen-bond donors (Lipinski definition) is 5. The van der Waals surface area contributed by atoms with Gasteiger partial charge in [-0.3, -0.25) is 19.5 Å². The van der Waals surface area contributed by atoms with Crippen molar-refractivity contribution in [3.05, 3.63) is 36.4 Å². The van der Waals surface area contributed by atoms with Crippen molar-refractivity contribution in [3.8, 4) is 0 Å². The zero-order valence-corrected chi connectivity index (χ0v) is 29.4. The molecule has 2 saturated carbocycles. The number of carbonyl (C=O) groups is 4. The molecule has 2 aliphatic carbocycles. The first-order valence-corrected chi connectivity index (χ1v) is 19.8. The van der Waals surface area contributed by atoms with Gasteiger partial charge in [0.05, 0.1) is 17.9 Å². The van der Waals surface area contributed by atoms with Crippen LogP contribution in [0.2, 0.25) is 0 Å². The highest BCUT2D eigenvalue weighted by Gasteiger charge is 2.66. The van der Waals surface area contributed by atoms with Gasteiger partial charge in [0.2, 0.25) is 11.8 Å². The maximum Gasteiger partial charge on any atom is 0.412 e. The molecule has 15 heteroatoms. The molecular formula is C35H50N5O9P. The van der Waals surface area contributed by atoms with Crippen LogP contribution in [0.4, 0.5) is 21.0 Å². The Kier molecular flexibility index (Phi) is 11.4. The van der Waals surface area contributed by atoms with Crippen LogP contribution in [0.3, 0.4) is 0 Å². The van der Waals surface area contributed by atoms with E-state index >= 15 is 0 Å². The van der Waals surface area contributed by atoms with E-state index in [0.717, 1.165) is 76.6 Å². The Balaban J connectivity index is 1.21. The molecular weight excluding hydrogens is 665 g/mol. The number of amides is 4. The first kappa shape index (κ1) is 36.2. The molecule has 0 bridgehead atoms. The number of para-hydroxylation sites is 2. The van der Waals surface area contributed by atoms with Gasteiger partial charge in [-0.1, -0.05) is 37.1 Å². The molecule has 6 rings (SSSR count). The summed E-state index contributed by atoms with van der Waals surface area (Å²) < 4.78 is 24.1. The molecule has 14 nitrogen and oxygen atoms in total. The fraction of sp³-hybridized carbons (Fsp3) is 0.657. The first-order valence-electron chi connectivity index (χ1n) is 18.2. The number of nitrogens with zero attached hydrogens (tertiary/aromatic N) is 2. The molecule has 4 fully saturated rings. The predicted octanol–water partition coefficient (Wildman–Crippen LogP) is 4.76. The topological polar surface area (TPSA) is 187 Å². The first-order chi connectivity index (χ1) is 24.0. The number of alkyl carbamates (subject to hydrolysis) is 1. The molecule has 0 spiro atoms. The van der Waals surface area contributed by atoms with Gasteiger partial charge in [-0.2, -0.15) is 0 Å². The van der Waals surface area contributed by atoms with E-state index in [1.165, 1.54) is 4.90 Å². The Morgan fingerprint density at radius 1 is 0.900 bits per heavy atom. The lowest BCUT2D eigenvalue weighted by atomic mass is 10.0. The number of fused-ring (bicyclic) bond motifs is 2. The number of piperidine rings is 1. The molecule has 4 amide bonds. The summed E-state index contributed by atoms with van der Waals surface area (Å²) in [5.41, 5.74) is 1.47. The molecule has 5 N–H and O–H groups in total. The van der Waals surface area contributed by atoms with Crippen molar-refractivity contribution in [3.63, 3.8) is 0 Å². The van der Waals surface area contributed by atoms with Gasteiger partial charge in [0, 0.05) is 25.4 Å². The van der Waals surface area contributed by atoms with Crippen molar-refractivity contribution >= 4 is 43.0 Å². The van der Waals surface area contributed by atoms with Gasteiger partial charge >= 0.3 is 19.8 Å². The Morgan fingerprint density at radius 3 is 2.36 bits per heavy atom. The highest BCUT2D eigenvalue weighted by Crippen LogP contribution is 2.67. The molecule has 5 atom stereocenters. The predicted molar refractivity (Wildman–Crippen MR) is 185 cm³/mol. The van der Waals surface area contributed by atoms with Crippen LogP contribution in [-0.4, -0.2) is 87.9 Å². The van der Waals surface area contributed by atoms with E-state index in [9.17, 15) is 33.5 Å². The number of ether oxygens (including phenoxy) is 2. The Bertz CT molecular complexity index is 1490. The van der Waals surface area contributed by atoms with E-state index in [-0.39, 0.29) is 25.5 Å². The van der Waals surface area contributed by atoms with Crippen LogP contribution < -0.4 is 20.9 Å². The number of allylic oxidation sites excluding steroid dienone is 1. The third kappa shape index (κ3) is 8.46. The van der Waals surface area contributed by atoms with Crippen molar-refractivity contribution in [1.29, 1.82) is 0 Å². The van der Waals surface area contributed by atoms with E-state index < -0.39 is 61.0 Å². The van der Waals surface area contributed by atoms with Crippen molar-refractivity contribution in [2.24, 2.45) is 5.92 Å². The quantitative estimate of drug-likeness (QED) is 0.203. The number of rotatable bonds is 6.